The van der Waals surface area contributed by atoms with Crippen molar-refractivity contribution in [1.29, 1.82) is 0 Å². The highest BCUT2D eigenvalue weighted by Gasteiger charge is 2.17. The molecule has 5 heteroatoms. The predicted molar refractivity (Wildman–Crippen MR) is 124 cm³/mol. The van der Waals surface area contributed by atoms with Gasteiger partial charge in [-0.2, -0.15) is 0 Å². The van der Waals surface area contributed by atoms with Crippen LogP contribution in [0.2, 0.25) is 0 Å². The maximum absolute atomic E-state index is 13.0. The average Bonchev–Trinajstić information content (AvgIpc) is 2.81. The van der Waals surface area contributed by atoms with Crippen LogP contribution >= 0.6 is 0 Å². The number of hydrogen-bond donors (Lipinski definition) is 1. The summed E-state index contributed by atoms with van der Waals surface area (Å²) in [6, 6.07) is 21.0. The second-order valence-electron chi connectivity index (χ2n) is 7.03. The zero-order chi connectivity index (χ0) is 22.1. The molecule has 0 heterocycles. The monoisotopic (exact) mass is 414 g/mol. The van der Waals surface area contributed by atoms with Crippen LogP contribution in [0.5, 0.6) is 5.75 Å². The minimum absolute atomic E-state index is 0.182. The number of fused-ring (bicyclic) bond motifs is 1. The number of ether oxygens (including phenoxy) is 1. The predicted octanol–water partition coefficient (Wildman–Crippen LogP) is 4.35. The van der Waals surface area contributed by atoms with Gasteiger partial charge < -0.3 is 15.0 Å². The van der Waals surface area contributed by atoms with Crippen molar-refractivity contribution in [2.75, 3.05) is 19.7 Å². The smallest absolute Gasteiger partial charge is 0.261 e. The number of nitrogens with one attached hydrogen (secondary N) is 1. The van der Waals surface area contributed by atoms with Crippen LogP contribution in [0.25, 0.3) is 10.8 Å². The van der Waals surface area contributed by atoms with Gasteiger partial charge in [-0.05, 0) is 28.5 Å². The first-order chi connectivity index (χ1) is 15.1. The van der Waals surface area contributed by atoms with Gasteiger partial charge in [-0.3, -0.25) is 9.59 Å². The van der Waals surface area contributed by atoms with Gasteiger partial charge in [0.05, 0.1) is 5.56 Å². The molecule has 3 rings (SSSR count). The molecule has 0 aromatic heterocycles. The van der Waals surface area contributed by atoms with Crippen molar-refractivity contribution >= 4 is 22.6 Å². The van der Waals surface area contributed by atoms with Gasteiger partial charge in [0.15, 0.2) is 6.61 Å². The fraction of sp³-hybridized carbons (Fsp3) is 0.154. The summed E-state index contributed by atoms with van der Waals surface area (Å²) in [5.41, 5.74) is 1.39. The SMILES string of the molecule is C=CCN(CC=C)C(=O)COc1cc2ccccc2cc1C(=O)NCc1ccccc1. The van der Waals surface area contributed by atoms with E-state index in [1.807, 2.05) is 54.6 Å². The van der Waals surface area contributed by atoms with Gasteiger partial charge in [0, 0.05) is 19.6 Å². The zero-order valence-corrected chi connectivity index (χ0v) is 17.4. The second kappa shape index (κ2) is 10.8. The molecule has 0 spiro atoms. The maximum Gasteiger partial charge on any atom is 0.261 e. The zero-order valence-electron chi connectivity index (χ0n) is 17.4. The number of amides is 2. The third-order valence-electron chi connectivity index (χ3n) is 4.79. The van der Waals surface area contributed by atoms with E-state index in [0.717, 1.165) is 16.3 Å². The van der Waals surface area contributed by atoms with Crippen molar-refractivity contribution < 1.29 is 14.3 Å². The molecule has 0 aliphatic carbocycles. The summed E-state index contributed by atoms with van der Waals surface area (Å²) >= 11 is 0. The van der Waals surface area contributed by atoms with Crippen LogP contribution in [0.4, 0.5) is 0 Å². The van der Waals surface area contributed by atoms with E-state index < -0.39 is 0 Å². The molecule has 3 aromatic carbocycles. The molecule has 31 heavy (non-hydrogen) atoms. The first kappa shape index (κ1) is 21.8. The molecule has 0 bridgehead atoms. The van der Waals surface area contributed by atoms with E-state index in [1.54, 1.807) is 29.2 Å². The fourth-order valence-corrected chi connectivity index (χ4v) is 3.21. The molecule has 3 aromatic rings. The number of carbonyl (C=O) groups is 2. The van der Waals surface area contributed by atoms with Gasteiger partial charge in [-0.25, -0.2) is 0 Å². The summed E-state index contributed by atoms with van der Waals surface area (Å²) in [5, 5.41) is 4.78. The molecule has 0 atom stereocenters. The highest BCUT2D eigenvalue weighted by molar-refractivity contribution is 6.01. The minimum atomic E-state index is -0.258. The number of benzene rings is 3. The van der Waals surface area contributed by atoms with Crippen LogP contribution in [0.1, 0.15) is 15.9 Å². The Morgan fingerprint density at radius 3 is 2.16 bits per heavy atom. The molecule has 1 N–H and O–H groups in total. The lowest BCUT2D eigenvalue weighted by atomic mass is 10.1. The van der Waals surface area contributed by atoms with Gasteiger partial charge in [-0.15, -0.1) is 13.2 Å². The van der Waals surface area contributed by atoms with Crippen molar-refractivity contribution in [2.24, 2.45) is 0 Å². The van der Waals surface area contributed by atoms with E-state index in [-0.39, 0.29) is 18.4 Å². The van der Waals surface area contributed by atoms with Gasteiger partial charge in [-0.1, -0.05) is 66.7 Å². The average molecular weight is 415 g/mol. The lowest BCUT2D eigenvalue weighted by molar-refractivity contribution is -0.132. The van der Waals surface area contributed by atoms with E-state index in [1.165, 1.54) is 0 Å². The standard InChI is InChI=1S/C26H26N2O3/c1-3-14-28(15-4-2)25(29)19-31-24-17-22-13-9-8-12-21(22)16-23(24)26(30)27-18-20-10-6-5-7-11-20/h3-13,16-17H,1-2,14-15,18-19H2,(H,27,30). The Morgan fingerprint density at radius 2 is 1.52 bits per heavy atom. The molecule has 0 fully saturated rings. The van der Waals surface area contributed by atoms with Crippen molar-refractivity contribution in [3.05, 3.63) is 103 Å². The third-order valence-corrected chi connectivity index (χ3v) is 4.79. The molecule has 0 saturated heterocycles. The highest BCUT2D eigenvalue weighted by Crippen LogP contribution is 2.26. The van der Waals surface area contributed by atoms with Gasteiger partial charge >= 0.3 is 0 Å². The lowest BCUT2D eigenvalue weighted by Gasteiger charge is -2.20. The Bertz CT molecular complexity index is 1070. The van der Waals surface area contributed by atoms with E-state index in [9.17, 15) is 9.59 Å². The van der Waals surface area contributed by atoms with Gasteiger partial charge in [0.2, 0.25) is 0 Å². The topological polar surface area (TPSA) is 58.6 Å². The fourth-order valence-electron chi connectivity index (χ4n) is 3.21. The molecular weight excluding hydrogens is 388 g/mol. The number of carbonyl (C=O) groups excluding carboxylic acids is 2. The summed E-state index contributed by atoms with van der Waals surface area (Å²) in [6.45, 7) is 8.37. The van der Waals surface area contributed by atoms with Gasteiger partial charge in [0.1, 0.15) is 5.75 Å². The van der Waals surface area contributed by atoms with Crippen molar-refractivity contribution in [1.82, 2.24) is 10.2 Å². The Hall–Kier alpha value is -3.86. The summed E-state index contributed by atoms with van der Waals surface area (Å²) in [7, 11) is 0. The third kappa shape index (κ3) is 5.82. The Balaban J connectivity index is 1.81. The first-order valence-electron chi connectivity index (χ1n) is 10.1. The molecule has 158 valence electrons. The minimum Gasteiger partial charge on any atom is -0.483 e. The van der Waals surface area contributed by atoms with Crippen molar-refractivity contribution in [2.45, 2.75) is 6.54 Å². The highest BCUT2D eigenvalue weighted by atomic mass is 16.5. The van der Waals surface area contributed by atoms with E-state index in [2.05, 4.69) is 18.5 Å². The first-order valence-corrected chi connectivity index (χ1v) is 10.1. The normalized spacial score (nSPS) is 10.3. The Kier molecular flexibility index (Phi) is 7.60. The second-order valence-corrected chi connectivity index (χ2v) is 7.03. The number of nitrogens with zero attached hydrogens (tertiary/aromatic N) is 1. The molecule has 0 unspecified atom stereocenters. The molecule has 0 aliphatic heterocycles. The van der Waals surface area contributed by atoms with Crippen molar-refractivity contribution in [3.63, 3.8) is 0 Å². The molecule has 2 amide bonds. The summed E-state index contributed by atoms with van der Waals surface area (Å²) in [4.78, 5) is 27.1. The van der Waals surface area contributed by atoms with Crippen LogP contribution in [-0.4, -0.2) is 36.4 Å². The molecule has 0 radical (unpaired) electrons. The Morgan fingerprint density at radius 1 is 0.903 bits per heavy atom. The molecule has 0 saturated carbocycles. The number of hydrogen-bond acceptors (Lipinski definition) is 3. The quantitative estimate of drug-likeness (QED) is 0.502. The lowest BCUT2D eigenvalue weighted by Crippen LogP contribution is -2.35. The molecule has 0 aliphatic rings. The van der Waals surface area contributed by atoms with E-state index in [4.69, 9.17) is 4.74 Å². The van der Waals surface area contributed by atoms with Crippen LogP contribution < -0.4 is 10.1 Å². The van der Waals surface area contributed by atoms with E-state index >= 15 is 0 Å². The number of rotatable bonds is 10. The largest absolute Gasteiger partial charge is 0.483 e. The van der Waals surface area contributed by atoms with E-state index in [0.29, 0.717) is 30.9 Å². The Labute approximate surface area is 182 Å². The van der Waals surface area contributed by atoms with Crippen molar-refractivity contribution in [3.8, 4) is 5.75 Å². The molecule has 5 nitrogen and oxygen atoms in total. The maximum atomic E-state index is 13.0. The van der Waals surface area contributed by atoms with Gasteiger partial charge in [0.25, 0.3) is 11.8 Å². The molecular formula is C26H26N2O3. The summed E-state index contributed by atoms with van der Waals surface area (Å²) in [6.07, 6.45) is 3.31. The van der Waals surface area contributed by atoms with Crippen LogP contribution in [0, 0.1) is 0 Å². The summed E-state index contributed by atoms with van der Waals surface area (Å²) < 4.78 is 5.83. The summed E-state index contributed by atoms with van der Waals surface area (Å²) in [5.74, 6) is -0.0931. The van der Waals surface area contributed by atoms with Crippen LogP contribution in [0.15, 0.2) is 92.0 Å². The van der Waals surface area contributed by atoms with Crippen LogP contribution in [-0.2, 0) is 11.3 Å². The van der Waals surface area contributed by atoms with Crippen LogP contribution in [0.3, 0.4) is 0 Å².